The molecular weight excluding hydrogens is 226 g/mol. The van der Waals surface area contributed by atoms with Crippen LogP contribution in [0.3, 0.4) is 0 Å². The lowest BCUT2D eigenvalue weighted by atomic mass is 9.86. The largest absolute Gasteiger partial charge is 0.409 e. The van der Waals surface area contributed by atoms with Gasteiger partial charge in [-0.25, -0.2) is 0 Å². The molecule has 0 aliphatic rings. The van der Waals surface area contributed by atoms with E-state index in [4.69, 9.17) is 10.9 Å². The summed E-state index contributed by atoms with van der Waals surface area (Å²) in [6, 6.07) is 0.613. The Morgan fingerprint density at radius 1 is 1.33 bits per heavy atom. The van der Waals surface area contributed by atoms with Crippen molar-refractivity contribution in [3.63, 3.8) is 0 Å². The summed E-state index contributed by atoms with van der Waals surface area (Å²) in [5, 5.41) is 15.3. The quantitative estimate of drug-likeness (QED) is 0.185. The topological polar surface area (TPSA) is 70.6 Å². The van der Waals surface area contributed by atoms with E-state index in [-0.39, 0.29) is 5.41 Å². The normalized spacial score (nSPS) is 14.8. The van der Waals surface area contributed by atoms with E-state index in [2.05, 4.69) is 24.3 Å². The first-order valence-corrected chi connectivity index (χ1v) is 7.15. The van der Waals surface area contributed by atoms with Gasteiger partial charge in [-0.15, -0.1) is 0 Å². The standard InChI is InChI=1S/C14H31N3O/c1-5-6-9-12(2)16-11-8-7-10-14(3,4)13(15)17-18/h12,16,18H,5-11H2,1-4H3,(H2,15,17). The second-order valence-electron chi connectivity index (χ2n) is 5.82. The molecule has 0 aromatic rings. The summed E-state index contributed by atoms with van der Waals surface area (Å²) in [6.45, 7) is 9.55. The zero-order valence-corrected chi connectivity index (χ0v) is 12.5. The molecule has 1 atom stereocenters. The zero-order valence-electron chi connectivity index (χ0n) is 12.5. The van der Waals surface area contributed by atoms with Crippen LogP contribution in [0.5, 0.6) is 0 Å². The summed E-state index contributed by atoms with van der Waals surface area (Å²) >= 11 is 0. The number of nitrogens with one attached hydrogen (secondary N) is 1. The molecule has 0 radical (unpaired) electrons. The van der Waals surface area contributed by atoms with Crippen LogP contribution in [0.2, 0.25) is 0 Å². The average molecular weight is 257 g/mol. The molecule has 0 aromatic carbocycles. The molecule has 4 nitrogen and oxygen atoms in total. The van der Waals surface area contributed by atoms with Crippen molar-refractivity contribution >= 4 is 5.84 Å². The van der Waals surface area contributed by atoms with Crippen LogP contribution in [0.25, 0.3) is 0 Å². The Labute approximate surface area is 112 Å². The molecule has 0 fully saturated rings. The Morgan fingerprint density at radius 3 is 2.56 bits per heavy atom. The molecule has 4 heteroatoms. The van der Waals surface area contributed by atoms with E-state index in [0.717, 1.165) is 25.8 Å². The third-order valence-electron chi connectivity index (χ3n) is 3.51. The van der Waals surface area contributed by atoms with Crippen LogP contribution < -0.4 is 11.1 Å². The summed E-state index contributed by atoms with van der Waals surface area (Å²) in [5.41, 5.74) is 5.45. The van der Waals surface area contributed by atoms with Gasteiger partial charge in [0.15, 0.2) is 0 Å². The van der Waals surface area contributed by atoms with Crippen molar-refractivity contribution in [1.82, 2.24) is 5.32 Å². The number of hydrogen-bond donors (Lipinski definition) is 3. The third kappa shape index (κ3) is 7.54. The molecule has 0 spiro atoms. The second kappa shape index (κ2) is 9.20. The Hall–Kier alpha value is -0.770. The molecular formula is C14H31N3O. The van der Waals surface area contributed by atoms with Gasteiger partial charge in [0.05, 0.1) is 0 Å². The fraction of sp³-hybridized carbons (Fsp3) is 0.929. The summed E-state index contributed by atoms with van der Waals surface area (Å²) in [4.78, 5) is 0. The first-order chi connectivity index (χ1) is 8.44. The first kappa shape index (κ1) is 17.2. The van der Waals surface area contributed by atoms with Crippen molar-refractivity contribution in [2.45, 2.75) is 72.3 Å². The predicted molar refractivity (Wildman–Crippen MR) is 78.0 cm³/mol. The molecule has 0 aliphatic carbocycles. The van der Waals surface area contributed by atoms with Gasteiger partial charge in [0.25, 0.3) is 0 Å². The van der Waals surface area contributed by atoms with E-state index in [9.17, 15) is 0 Å². The minimum Gasteiger partial charge on any atom is -0.409 e. The predicted octanol–water partition coefficient (Wildman–Crippen LogP) is 3.10. The molecule has 0 bridgehead atoms. The highest BCUT2D eigenvalue weighted by Gasteiger charge is 2.22. The number of amidine groups is 1. The highest BCUT2D eigenvalue weighted by Crippen LogP contribution is 2.23. The van der Waals surface area contributed by atoms with Crippen LogP contribution in [0.15, 0.2) is 5.16 Å². The lowest BCUT2D eigenvalue weighted by molar-refractivity contribution is 0.304. The van der Waals surface area contributed by atoms with Crippen molar-refractivity contribution < 1.29 is 5.21 Å². The van der Waals surface area contributed by atoms with E-state index in [1.54, 1.807) is 0 Å². The van der Waals surface area contributed by atoms with E-state index in [0.29, 0.717) is 11.9 Å². The monoisotopic (exact) mass is 257 g/mol. The van der Waals surface area contributed by atoms with Gasteiger partial charge in [-0.05, 0) is 32.7 Å². The molecule has 0 amide bonds. The molecule has 0 aliphatic heterocycles. The highest BCUT2D eigenvalue weighted by atomic mass is 16.4. The molecule has 4 N–H and O–H groups in total. The minimum absolute atomic E-state index is 0.206. The minimum atomic E-state index is -0.206. The fourth-order valence-corrected chi connectivity index (χ4v) is 1.92. The molecule has 108 valence electrons. The molecule has 0 rings (SSSR count). The van der Waals surface area contributed by atoms with Gasteiger partial charge in [-0.3, -0.25) is 0 Å². The van der Waals surface area contributed by atoms with E-state index in [1.165, 1.54) is 19.3 Å². The number of unbranched alkanes of at least 4 members (excludes halogenated alkanes) is 2. The number of rotatable bonds is 10. The Morgan fingerprint density at radius 2 is 2.00 bits per heavy atom. The molecule has 0 heterocycles. The van der Waals surface area contributed by atoms with Gasteiger partial charge in [-0.1, -0.05) is 45.2 Å². The number of nitrogens with two attached hydrogens (primary N) is 1. The molecule has 18 heavy (non-hydrogen) atoms. The number of hydrogen-bond acceptors (Lipinski definition) is 3. The van der Waals surface area contributed by atoms with Crippen molar-refractivity contribution in [2.75, 3.05) is 6.54 Å². The van der Waals surface area contributed by atoms with Gasteiger partial charge >= 0.3 is 0 Å². The highest BCUT2D eigenvalue weighted by molar-refractivity contribution is 5.85. The fourth-order valence-electron chi connectivity index (χ4n) is 1.92. The van der Waals surface area contributed by atoms with E-state index in [1.807, 2.05) is 13.8 Å². The van der Waals surface area contributed by atoms with Crippen LogP contribution in [-0.2, 0) is 0 Å². The summed E-state index contributed by atoms with van der Waals surface area (Å²) < 4.78 is 0. The Balaban J connectivity index is 3.62. The van der Waals surface area contributed by atoms with Crippen molar-refractivity contribution in [1.29, 1.82) is 0 Å². The van der Waals surface area contributed by atoms with Crippen LogP contribution in [0.4, 0.5) is 0 Å². The third-order valence-corrected chi connectivity index (χ3v) is 3.51. The summed E-state index contributed by atoms with van der Waals surface area (Å²) in [5.74, 6) is 0.326. The van der Waals surface area contributed by atoms with Crippen LogP contribution in [0, 0.1) is 5.41 Å². The Bertz CT molecular complexity index is 239. The summed E-state index contributed by atoms with van der Waals surface area (Å²) in [7, 11) is 0. The van der Waals surface area contributed by atoms with Gasteiger partial charge in [0, 0.05) is 11.5 Å². The lowest BCUT2D eigenvalue weighted by Gasteiger charge is -2.22. The Kier molecular flexibility index (Phi) is 8.81. The van der Waals surface area contributed by atoms with Gasteiger partial charge in [-0.2, -0.15) is 0 Å². The van der Waals surface area contributed by atoms with Crippen molar-refractivity contribution in [3.8, 4) is 0 Å². The van der Waals surface area contributed by atoms with Gasteiger partial charge < -0.3 is 16.3 Å². The average Bonchev–Trinajstić information content (AvgIpc) is 2.34. The van der Waals surface area contributed by atoms with Crippen LogP contribution >= 0.6 is 0 Å². The molecule has 1 unspecified atom stereocenters. The SMILES string of the molecule is CCCCC(C)NCCCCC(C)(C)C(N)=NO. The smallest absolute Gasteiger partial charge is 0.144 e. The molecule has 0 saturated heterocycles. The number of oxime groups is 1. The van der Waals surface area contributed by atoms with Gasteiger partial charge in [0.1, 0.15) is 5.84 Å². The van der Waals surface area contributed by atoms with Crippen LogP contribution in [-0.4, -0.2) is 23.6 Å². The van der Waals surface area contributed by atoms with E-state index >= 15 is 0 Å². The van der Waals surface area contributed by atoms with E-state index < -0.39 is 0 Å². The van der Waals surface area contributed by atoms with Crippen molar-refractivity contribution in [2.24, 2.45) is 16.3 Å². The number of nitrogens with zero attached hydrogens (tertiary/aromatic N) is 1. The first-order valence-electron chi connectivity index (χ1n) is 7.15. The van der Waals surface area contributed by atoms with Crippen LogP contribution in [0.1, 0.15) is 66.2 Å². The maximum Gasteiger partial charge on any atom is 0.144 e. The maximum atomic E-state index is 8.68. The molecule has 0 saturated carbocycles. The summed E-state index contributed by atoms with van der Waals surface area (Å²) in [6.07, 6.45) is 7.00. The molecule has 0 aromatic heterocycles. The maximum absolute atomic E-state index is 8.68. The van der Waals surface area contributed by atoms with Gasteiger partial charge in [0.2, 0.25) is 0 Å². The second-order valence-corrected chi connectivity index (χ2v) is 5.82. The van der Waals surface area contributed by atoms with Crippen molar-refractivity contribution in [3.05, 3.63) is 0 Å². The zero-order chi connectivity index (χ0) is 14.0. The lowest BCUT2D eigenvalue weighted by Crippen LogP contribution is -2.32.